The highest BCUT2D eigenvalue weighted by Crippen LogP contribution is 2.37. The molecule has 1 fully saturated rings. The number of aliphatic hydroxyl groups excluding tert-OH is 1. The summed E-state index contributed by atoms with van der Waals surface area (Å²) < 4.78 is 0. The highest BCUT2D eigenvalue weighted by molar-refractivity contribution is 5.85. The van der Waals surface area contributed by atoms with Gasteiger partial charge in [-0.2, -0.15) is 5.26 Å². The maximum Gasteiger partial charge on any atom is 0.240 e. The zero-order chi connectivity index (χ0) is 17.0. The van der Waals surface area contributed by atoms with Crippen LogP contribution < -0.4 is 5.32 Å². The van der Waals surface area contributed by atoms with Gasteiger partial charge in [0.2, 0.25) is 5.91 Å². The van der Waals surface area contributed by atoms with Crippen molar-refractivity contribution in [2.45, 2.75) is 44.8 Å². The average Bonchev–Trinajstić information content (AvgIpc) is 3.10. The number of β-amino-alcohol motifs (C(OH)–C–C–N with tert-alkyl or cyclic N) is 1. The largest absolute Gasteiger partial charge is 0.390 e. The van der Waals surface area contributed by atoms with E-state index in [-0.39, 0.29) is 12.5 Å². The highest BCUT2D eigenvalue weighted by atomic mass is 16.3. The Morgan fingerprint density at radius 1 is 1.33 bits per heavy atom. The molecule has 1 saturated carbocycles. The van der Waals surface area contributed by atoms with Crippen molar-refractivity contribution < 1.29 is 9.90 Å². The van der Waals surface area contributed by atoms with Crippen LogP contribution >= 0.6 is 0 Å². The molecule has 0 spiro atoms. The Bertz CT molecular complexity index is 632. The van der Waals surface area contributed by atoms with Crippen LogP contribution in [0.1, 0.15) is 36.8 Å². The average molecular weight is 327 g/mol. The third-order valence-corrected chi connectivity index (χ3v) is 5.28. The van der Waals surface area contributed by atoms with E-state index >= 15 is 0 Å². The Hall–Kier alpha value is -1.90. The smallest absolute Gasteiger partial charge is 0.240 e. The fourth-order valence-electron chi connectivity index (χ4n) is 3.82. The molecule has 1 aromatic rings. The van der Waals surface area contributed by atoms with Crippen molar-refractivity contribution in [2.24, 2.45) is 5.41 Å². The molecule has 1 unspecified atom stereocenters. The summed E-state index contributed by atoms with van der Waals surface area (Å²) in [5.41, 5.74) is 1.83. The van der Waals surface area contributed by atoms with Crippen LogP contribution in [0, 0.1) is 16.7 Å². The molecule has 2 N–H and O–H groups in total. The van der Waals surface area contributed by atoms with Crippen LogP contribution in [0.5, 0.6) is 0 Å². The van der Waals surface area contributed by atoms with Crippen LogP contribution in [0.2, 0.25) is 0 Å². The van der Waals surface area contributed by atoms with Gasteiger partial charge in [0, 0.05) is 26.2 Å². The summed E-state index contributed by atoms with van der Waals surface area (Å²) in [5.74, 6) is -0.217. The Labute approximate surface area is 143 Å². The van der Waals surface area contributed by atoms with Crippen molar-refractivity contribution in [3.63, 3.8) is 0 Å². The lowest BCUT2D eigenvalue weighted by atomic mass is 9.87. The van der Waals surface area contributed by atoms with Crippen molar-refractivity contribution in [1.29, 1.82) is 5.26 Å². The lowest BCUT2D eigenvalue weighted by molar-refractivity contribution is -0.128. The number of rotatable bonds is 5. The van der Waals surface area contributed by atoms with Crippen molar-refractivity contribution in [1.82, 2.24) is 10.2 Å². The molecular weight excluding hydrogens is 302 g/mol. The molecule has 2 aliphatic rings. The van der Waals surface area contributed by atoms with Crippen LogP contribution in [0.4, 0.5) is 0 Å². The lowest BCUT2D eigenvalue weighted by Gasteiger charge is -2.30. The Balaban J connectivity index is 1.47. The standard InChI is InChI=1S/C19H25N3O2/c20-14-19(8-3-4-9-19)18(24)21-11-17(23)13-22-10-7-15-5-1-2-6-16(15)12-22/h1-2,5-6,17,23H,3-4,7-13H2,(H,21,24). The first-order chi connectivity index (χ1) is 11.6. The van der Waals surface area contributed by atoms with Crippen molar-refractivity contribution in [3.8, 4) is 6.07 Å². The molecule has 3 rings (SSSR count). The van der Waals surface area contributed by atoms with Crippen molar-refractivity contribution >= 4 is 5.91 Å². The maximum absolute atomic E-state index is 12.3. The van der Waals surface area contributed by atoms with E-state index < -0.39 is 11.5 Å². The second-order valence-corrected chi connectivity index (χ2v) is 7.02. The normalized spacial score (nSPS) is 20.8. The number of nitrogens with one attached hydrogen (secondary N) is 1. The summed E-state index contributed by atoms with van der Waals surface area (Å²) in [6.07, 6.45) is 3.50. The number of hydrogen-bond donors (Lipinski definition) is 2. The van der Waals surface area contributed by atoms with Crippen molar-refractivity contribution in [2.75, 3.05) is 19.6 Å². The molecule has 1 aromatic carbocycles. The van der Waals surface area contributed by atoms with Gasteiger partial charge in [-0.15, -0.1) is 0 Å². The number of carbonyl (C=O) groups excluding carboxylic acids is 1. The first-order valence-corrected chi connectivity index (χ1v) is 8.80. The molecule has 1 aliphatic carbocycles. The van der Waals surface area contributed by atoms with E-state index in [0.29, 0.717) is 19.4 Å². The number of hydrogen-bond acceptors (Lipinski definition) is 4. The molecule has 128 valence electrons. The van der Waals surface area contributed by atoms with Gasteiger partial charge in [0.15, 0.2) is 0 Å². The van der Waals surface area contributed by atoms with Crippen LogP contribution in [0.25, 0.3) is 0 Å². The van der Waals surface area contributed by atoms with Gasteiger partial charge in [0.25, 0.3) is 0 Å². The molecular formula is C19H25N3O2. The van der Waals surface area contributed by atoms with E-state index in [9.17, 15) is 15.2 Å². The number of nitriles is 1. The van der Waals surface area contributed by atoms with Gasteiger partial charge in [-0.05, 0) is 30.4 Å². The molecule has 24 heavy (non-hydrogen) atoms. The maximum atomic E-state index is 12.3. The minimum Gasteiger partial charge on any atom is -0.390 e. The van der Waals surface area contributed by atoms with E-state index in [0.717, 1.165) is 32.4 Å². The molecule has 1 atom stereocenters. The SMILES string of the molecule is N#CC1(C(=O)NCC(O)CN2CCc3ccccc3C2)CCCC1. The Kier molecular flexibility index (Phi) is 5.17. The molecule has 1 aliphatic heterocycles. The van der Waals surface area contributed by atoms with Gasteiger partial charge in [-0.3, -0.25) is 9.69 Å². The molecule has 5 heteroatoms. The molecule has 1 amide bonds. The molecule has 5 nitrogen and oxygen atoms in total. The summed E-state index contributed by atoms with van der Waals surface area (Å²) in [5, 5.41) is 22.4. The van der Waals surface area contributed by atoms with Crippen LogP contribution in [0.15, 0.2) is 24.3 Å². The molecule has 0 radical (unpaired) electrons. The van der Waals surface area contributed by atoms with Gasteiger partial charge in [-0.1, -0.05) is 37.1 Å². The van der Waals surface area contributed by atoms with E-state index in [4.69, 9.17) is 0 Å². The Morgan fingerprint density at radius 3 is 2.75 bits per heavy atom. The third kappa shape index (κ3) is 3.61. The zero-order valence-electron chi connectivity index (χ0n) is 14.0. The zero-order valence-corrected chi connectivity index (χ0v) is 14.0. The predicted octanol–water partition coefficient (Wildman–Crippen LogP) is 1.61. The lowest BCUT2D eigenvalue weighted by Crippen LogP contribution is -2.45. The topological polar surface area (TPSA) is 76.4 Å². The number of fused-ring (bicyclic) bond motifs is 1. The van der Waals surface area contributed by atoms with Crippen molar-refractivity contribution in [3.05, 3.63) is 35.4 Å². The minimum atomic E-state index is -0.871. The van der Waals surface area contributed by atoms with Gasteiger partial charge in [-0.25, -0.2) is 0 Å². The second-order valence-electron chi connectivity index (χ2n) is 7.02. The number of amides is 1. The summed E-state index contributed by atoms with van der Waals surface area (Å²) in [6, 6.07) is 10.6. The number of aliphatic hydroxyl groups is 1. The summed E-state index contributed by atoms with van der Waals surface area (Å²) >= 11 is 0. The predicted molar refractivity (Wildman–Crippen MR) is 91.0 cm³/mol. The van der Waals surface area contributed by atoms with E-state index in [1.54, 1.807) is 0 Å². The van der Waals surface area contributed by atoms with Gasteiger partial charge < -0.3 is 10.4 Å². The van der Waals surface area contributed by atoms with E-state index in [1.807, 2.05) is 6.07 Å². The van der Waals surface area contributed by atoms with E-state index in [2.05, 4.69) is 34.5 Å². The summed E-state index contributed by atoms with van der Waals surface area (Å²) in [4.78, 5) is 14.5. The molecule has 0 aromatic heterocycles. The summed E-state index contributed by atoms with van der Waals surface area (Å²) in [7, 11) is 0. The fourth-order valence-corrected chi connectivity index (χ4v) is 3.82. The van der Waals surface area contributed by atoms with Crippen LogP contribution in [0.3, 0.4) is 0 Å². The van der Waals surface area contributed by atoms with Crippen LogP contribution in [-0.4, -0.2) is 41.7 Å². The monoisotopic (exact) mass is 327 g/mol. The van der Waals surface area contributed by atoms with E-state index in [1.165, 1.54) is 11.1 Å². The first-order valence-electron chi connectivity index (χ1n) is 8.80. The van der Waals surface area contributed by atoms with Gasteiger partial charge in [0.1, 0.15) is 5.41 Å². The summed E-state index contributed by atoms with van der Waals surface area (Å²) in [6.45, 7) is 2.50. The number of benzene rings is 1. The van der Waals surface area contributed by atoms with Gasteiger partial charge in [0.05, 0.1) is 12.2 Å². The number of nitrogens with zero attached hydrogens (tertiary/aromatic N) is 2. The quantitative estimate of drug-likeness (QED) is 0.861. The third-order valence-electron chi connectivity index (χ3n) is 5.28. The van der Waals surface area contributed by atoms with Gasteiger partial charge >= 0.3 is 0 Å². The van der Waals surface area contributed by atoms with Crippen LogP contribution in [-0.2, 0) is 17.8 Å². The molecule has 1 heterocycles. The molecule has 0 saturated heterocycles. The number of carbonyl (C=O) groups is 1. The highest BCUT2D eigenvalue weighted by Gasteiger charge is 2.41. The molecule has 0 bridgehead atoms. The minimum absolute atomic E-state index is 0.209. The second kappa shape index (κ2) is 7.33. The Morgan fingerprint density at radius 2 is 2.04 bits per heavy atom. The fraction of sp³-hybridized carbons (Fsp3) is 0.579. The first kappa shape index (κ1) is 16.9.